The molecule has 0 saturated carbocycles. The SMILES string of the molecule is CNC(=O)c1sc2ccccc2c1CC1CCCCN1Cc1cnn2c(C)cc(C)nc12. The predicted octanol–water partition coefficient (Wildman–Crippen LogP) is 4.52. The number of rotatable bonds is 5. The number of carbonyl (C=O) groups is 1. The molecule has 0 aliphatic carbocycles. The van der Waals surface area contributed by atoms with E-state index in [0.29, 0.717) is 6.04 Å². The zero-order valence-corrected chi connectivity index (χ0v) is 19.7. The highest BCUT2D eigenvalue weighted by Crippen LogP contribution is 2.34. The van der Waals surface area contributed by atoms with Crippen LogP contribution in [0.3, 0.4) is 0 Å². The number of hydrogen-bond acceptors (Lipinski definition) is 5. The summed E-state index contributed by atoms with van der Waals surface area (Å²) in [5, 5.41) is 8.64. The van der Waals surface area contributed by atoms with Crippen LogP contribution in [-0.4, -0.2) is 45.0 Å². The van der Waals surface area contributed by atoms with E-state index in [1.54, 1.807) is 18.4 Å². The average Bonchev–Trinajstić information content (AvgIpc) is 3.36. The number of amides is 1. The second-order valence-corrected chi connectivity index (χ2v) is 9.81. The summed E-state index contributed by atoms with van der Waals surface area (Å²) in [6.45, 7) is 6.01. The quantitative estimate of drug-likeness (QED) is 0.489. The van der Waals surface area contributed by atoms with Crippen LogP contribution in [0.15, 0.2) is 36.5 Å². The van der Waals surface area contributed by atoms with Crippen molar-refractivity contribution in [2.24, 2.45) is 0 Å². The largest absolute Gasteiger partial charge is 0.354 e. The van der Waals surface area contributed by atoms with E-state index in [0.717, 1.165) is 47.8 Å². The Balaban J connectivity index is 1.47. The van der Waals surface area contributed by atoms with Crippen molar-refractivity contribution < 1.29 is 4.79 Å². The highest BCUT2D eigenvalue weighted by Gasteiger charge is 2.27. The van der Waals surface area contributed by atoms with Crippen LogP contribution in [0.2, 0.25) is 0 Å². The van der Waals surface area contributed by atoms with Gasteiger partial charge in [-0.05, 0) is 62.7 Å². The molecular weight excluding hydrogens is 418 g/mol. The third-order valence-electron chi connectivity index (χ3n) is 6.54. The lowest BCUT2D eigenvalue weighted by Gasteiger charge is -2.35. The fourth-order valence-corrected chi connectivity index (χ4v) is 6.16. The van der Waals surface area contributed by atoms with Crippen molar-refractivity contribution in [3.8, 4) is 0 Å². The van der Waals surface area contributed by atoms with Gasteiger partial charge in [0.1, 0.15) is 0 Å². The van der Waals surface area contributed by atoms with Gasteiger partial charge in [-0.3, -0.25) is 9.69 Å². The number of carbonyl (C=O) groups excluding carboxylic acids is 1. The Morgan fingerprint density at radius 1 is 1.25 bits per heavy atom. The van der Waals surface area contributed by atoms with Crippen molar-refractivity contribution in [1.82, 2.24) is 24.8 Å². The van der Waals surface area contributed by atoms with Crippen molar-refractivity contribution in [1.29, 1.82) is 0 Å². The van der Waals surface area contributed by atoms with Gasteiger partial charge in [0, 0.05) is 41.3 Å². The van der Waals surface area contributed by atoms with Crippen LogP contribution in [0.5, 0.6) is 0 Å². The summed E-state index contributed by atoms with van der Waals surface area (Å²) < 4.78 is 3.12. The van der Waals surface area contributed by atoms with Crippen molar-refractivity contribution in [3.05, 3.63) is 63.9 Å². The molecule has 0 bridgehead atoms. The summed E-state index contributed by atoms with van der Waals surface area (Å²) >= 11 is 1.60. The molecule has 1 saturated heterocycles. The van der Waals surface area contributed by atoms with Crippen molar-refractivity contribution >= 4 is 33.0 Å². The first-order valence-electron chi connectivity index (χ1n) is 11.3. The van der Waals surface area contributed by atoms with Gasteiger partial charge in [-0.2, -0.15) is 5.10 Å². The minimum atomic E-state index is 0.0151. The van der Waals surface area contributed by atoms with E-state index < -0.39 is 0 Å². The van der Waals surface area contributed by atoms with Crippen LogP contribution in [0.4, 0.5) is 0 Å². The maximum Gasteiger partial charge on any atom is 0.261 e. The molecule has 1 amide bonds. The standard InChI is InChI=1S/C25H29N5OS/c1-16-12-17(2)30-24(28-16)18(14-27-30)15-29-11-7-6-8-19(29)13-21-20-9-4-5-10-22(20)32-23(21)25(31)26-3/h4-5,9-10,12,14,19H,6-8,11,13,15H2,1-3H3,(H,26,31). The number of aromatic nitrogens is 3. The number of fused-ring (bicyclic) bond motifs is 2. The summed E-state index contributed by atoms with van der Waals surface area (Å²) in [5.74, 6) is 0.0151. The first-order valence-corrected chi connectivity index (χ1v) is 12.1. The van der Waals surface area contributed by atoms with Crippen LogP contribution in [0, 0.1) is 13.8 Å². The van der Waals surface area contributed by atoms with Crippen LogP contribution >= 0.6 is 11.3 Å². The Morgan fingerprint density at radius 2 is 2.09 bits per heavy atom. The lowest BCUT2D eigenvalue weighted by molar-refractivity contribution is 0.0964. The van der Waals surface area contributed by atoms with Gasteiger partial charge in [-0.25, -0.2) is 9.50 Å². The van der Waals surface area contributed by atoms with Crippen molar-refractivity contribution in [3.63, 3.8) is 0 Å². The van der Waals surface area contributed by atoms with Crippen LogP contribution in [0.25, 0.3) is 15.7 Å². The molecule has 1 atom stereocenters. The first-order chi connectivity index (χ1) is 15.5. The topological polar surface area (TPSA) is 62.5 Å². The van der Waals surface area contributed by atoms with Gasteiger partial charge in [0.15, 0.2) is 5.65 Å². The molecule has 32 heavy (non-hydrogen) atoms. The summed E-state index contributed by atoms with van der Waals surface area (Å²) in [4.78, 5) is 20.9. The number of benzene rings is 1. The fourth-order valence-electron chi connectivity index (χ4n) is 4.98. The molecular formula is C25H29N5OS. The number of thiophene rings is 1. The molecule has 0 radical (unpaired) electrons. The molecule has 1 aliphatic rings. The molecule has 1 N–H and O–H groups in total. The molecule has 3 aromatic heterocycles. The molecule has 0 spiro atoms. The molecule has 4 heterocycles. The first kappa shape index (κ1) is 21.1. The second-order valence-electron chi connectivity index (χ2n) is 8.75. The van der Waals surface area contributed by atoms with E-state index in [1.165, 1.54) is 34.1 Å². The molecule has 5 rings (SSSR count). The van der Waals surface area contributed by atoms with Gasteiger partial charge in [-0.15, -0.1) is 11.3 Å². The van der Waals surface area contributed by atoms with E-state index >= 15 is 0 Å². The molecule has 1 unspecified atom stereocenters. The van der Waals surface area contributed by atoms with Crippen molar-refractivity contribution in [2.45, 2.75) is 52.1 Å². The number of hydrogen-bond donors (Lipinski definition) is 1. The number of nitrogens with one attached hydrogen (secondary N) is 1. The van der Waals surface area contributed by atoms with Gasteiger partial charge in [0.25, 0.3) is 5.91 Å². The molecule has 166 valence electrons. The Kier molecular flexibility index (Phi) is 5.69. The maximum absolute atomic E-state index is 12.7. The molecule has 6 nitrogen and oxygen atoms in total. The summed E-state index contributed by atoms with van der Waals surface area (Å²) in [5.41, 5.74) is 5.44. The number of aryl methyl sites for hydroxylation is 2. The number of piperidine rings is 1. The zero-order chi connectivity index (χ0) is 22.2. The third kappa shape index (κ3) is 3.80. The predicted molar refractivity (Wildman–Crippen MR) is 129 cm³/mol. The fraction of sp³-hybridized carbons (Fsp3) is 0.400. The Labute approximate surface area is 192 Å². The zero-order valence-electron chi connectivity index (χ0n) is 18.9. The normalized spacial score (nSPS) is 17.3. The van der Waals surface area contributed by atoms with Gasteiger partial charge in [0.05, 0.1) is 11.1 Å². The van der Waals surface area contributed by atoms with Gasteiger partial charge >= 0.3 is 0 Å². The Hall–Kier alpha value is -2.77. The van der Waals surface area contributed by atoms with E-state index in [4.69, 9.17) is 4.98 Å². The Morgan fingerprint density at radius 3 is 2.94 bits per heavy atom. The monoisotopic (exact) mass is 447 g/mol. The summed E-state index contributed by atoms with van der Waals surface area (Å²) in [6.07, 6.45) is 6.42. The lowest BCUT2D eigenvalue weighted by atomic mass is 9.93. The van der Waals surface area contributed by atoms with E-state index in [2.05, 4.69) is 46.5 Å². The van der Waals surface area contributed by atoms with Gasteiger partial charge in [-0.1, -0.05) is 24.6 Å². The van der Waals surface area contributed by atoms with Gasteiger partial charge in [0.2, 0.25) is 0 Å². The highest BCUT2D eigenvalue weighted by molar-refractivity contribution is 7.21. The highest BCUT2D eigenvalue weighted by atomic mass is 32.1. The smallest absolute Gasteiger partial charge is 0.261 e. The van der Waals surface area contributed by atoms with Crippen LogP contribution in [-0.2, 0) is 13.0 Å². The average molecular weight is 448 g/mol. The maximum atomic E-state index is 12.7. The van der Waals surface area contributed by atoms with E-state index in [9.17, 15) is 4.79 Å². The minimum Gasteiger partial charge on any atom is -0.354 e. The van der Waals surface area contributed by atoms with Gasteiger partial charge < -0.3 is 5.32 Å². The molecule has 1 fully saturated rings. The lowest BCUT2D eigenvalue weighted by Crippen LogP contribution is -2.40. The van der Waals surface area contributed by atoms with Crippen LogP contribution in [0.1, 0.15) is 51.4 Å². The molecule has 7 heteroatoms. The van der Waals surface area contributed by atoms with E-state index in [1.807, 2.05) is 23.7 Å². The van der Waals surface area contributed by atoms with E-state index in [-0.39, 0.29) is 5.91 Å². The van der Waals surface area contributed by atoms with Crippen LogP contribution < -0.4 is 5.32 Å². The second kappa shape index (κ2) is 8.64. The molecule has 1 aliphatic heterocycles. The number of likely N-dealkylation sites (tertiary alicyclic amines) is 1. The molecule has 1 aromatic carbocycles. The minimum absolute atomic E-state index is 0.0151. The molecule has 4 aromatic rings. The summed E-state index contributed by atoms with van der Waals surface area (Å²) in [6, 6.07) is 10.8. The third-order valence-corrected chi connectivity index (χ3v) is 7.76. The van der Waals surface area contributed by atoms with Crippen molar-refractivity contribution in [2.75, 3.05) is 13.6 Å². The summed E-state index contributed by atoms with van der Waals surface area (Å²) in [7, 11) is 1.71. The Bertz CT molecular complexity index is 1290. The number of nitrogens with zero attached hydrogens (tertiary/aromatic N) is 4.